The lowest BCUT2D eigenvalue weighted by Crippen LogP contribution is -2.50. The Balaban J connectivity index is 1.36. The summed E-state index contributed by atoms with van der Waals surface area (Å²) in [6, 6.07) is 9.45. The van der Waals surface area contributed by atoms with Gasteiger partial charge in [-0.1, -0.05) is 15.9 Å². The van der Waals surface area contributed by atoms with Gasteiger partial charge >= 0.3 is 0 Å². The Morgan fingerprint density at radius 1 is 1.19 bits per heavy atom. The smallest absolute Gasteiger partial charge is 0.260 e. The standard InChI is InChI=1S/C18H19BrN6O2/c1-13-10-16(25-18(22-13)20-12-21-25)23-6-8-24(9-7-23)17(26)11-27-15-4-2-14(19)3-5-15/h2-5,10,12H,6-9,11H2,1H3. The minimum atomic E-state index is -0.00520. The third-order valence-corrected chi connectivity index (χ3v) is 5.02. The zero-order chi connectivity index (χ0) is 18.8. The van der Waals surface area contributed by atoms with Crippen molar-refractivity contribution in [3.05, 3.63) is 46.8 Å². The molecule has 0 radical (unpaired) electrons. The number of piperazine rings is 1. The first-order chi connectivity index (χ1) is 13.1. The second kappa shape index (κ2) is 7.51. The zero-order valence-corrected chi connectivity index (χ0v) is 16.5. The highest BCUT2D eigenvalue weighted by Gasteiger charge is 2.23. The summed E-state index contributed by atoms with van der Waals surface area (Å²) in [6.07, 6.45) is 1.50. The molecule has 0 aliphatic carbocycles. The molecule has 1 saturated heterocycles. The number of ether oxygens (including phenoxy) is 1. The third kappa shape index (κ3) is 3.87. The van der Waals surface area contributed by atoms with Crippen LogP contribution < -0.4 is 9.64 Å². The number of aromatic nitrogens is 4. The van der Waals surface area contributed by atoms with Crippen LogP contribution in [0.2, 0.25) is 0 Å². The molecule has 0 saturated carbocycles. The van der Waals surface area contributed by atoms with Gasteiger partial charge in [-0.15, -0.1) is 0 Å². The van der Waals surface area contributed by atoms with Crippen LogP contribution in [-0.2, 0) is 4.79 Å². The summed E-state index contributed by atoms with van der Waals surface area (Å²) in [5.74, 6) is 2.22. The van der Waals surface area contributed by atoms with Crippen molar-refractivity contribution in [3.8, 4) is 5.75 Å². The van der Waals surface area contributed by atoms with Crippen molar-refractivity contribution in [1.82, 2.24) is 24.5 Å². The number of fused-ring (bicyclic) bond motifs is 1. The maximum atomic E-state index is 12.4. The third-order valence-electron chi connectivity index (χ3n) is 4.49. The van der Waals surface area contributed by atoms with E-state index in [-0.39, 0.29) is 12.5 Å². The Hall–Kier alpha value is -2.68. The molecule has 0 bridgehead atoms. The van der Waals surface area contributed by atoms with Crippen molar-refractivity contribution >= 4 is 33.4 Å². The van der Waals surface area contributed by atoms with Gasteiger partial charge in [-0.3, -0.25) is 4.79 Å². The molecule has 2 aromatic heterocycles. The van der Waals surface area contributed by atoms with Gasteiger partial charge in [0.2, 0.25) is 0 Å². The minimum absolute atomic E-state index is 0.00520. The van der Waals surface area contributed by atoms with E-state index in [1.807, 2.05) is 42.2 Å². The average Bonchev–Trinajstić information content (AvgIpc) is 3.15. The van der Waals surface area contributed by atoms with Crippen LogP contribution >= 0.6 is 15.9 Å². The van der Waals surface area contributed by atoms with Gasteiger partial charge in [-0.25, -0.2) is 4.98 Å². The van der Waals surface area contributed by atoms with Gasteiger partial charge in [0.25, 0.3) is 11.7 Å². The Labute approximate surface area is 164 Å². The van der Waals surface area contributed by atoms with E-state index in [1.54, 1.807) is 4.52 Å². The highest BCUT2D eigenvalue weighted by Crippen LogP contribution is 2.19. The van der Waals surface area contributed by atoms with Crippen LogP contribution in [0.5, 0.6) is 5.75 Å². The predicted molar refractivity (Wildman–Crippen MR) is 104 cm³/mol. The second-order valence-corrected chi connectivity index (χ2v) is 7.25. The van der Waals surface area contributed by atoms with E-state index in [0.29, 0.717) is 24.6 Å². The molecule has 3 aromatic rings. The molecular weight excluding hydrogens is 412 g/mol. The molecule has 140 valence electrons. The van der Waals surface area contributed by atoms with Crippen LogP contribution in [0.4, 0.5) is 5.82 Å². The molecule has 1 amide bonds. The Kier molecular flexibility index (Phi) is 4.93. The molecule has 0 N–H and O–H groups in total. The molecule has 8 nitrogen and oxygen atoms in total. The molecule has 0 spiro atoms. The van der Waals surface area contributed by atoms with Crippen molar-refractivity contribution in [2.75, 3.05) is 37.7 Å². The lowest BCUT2D eigenvalue weighted by atomic mass is 10.3. The first-order valence-corrected chi connectivity index (χ1v) is 9.48. The number of halogens is 1. The Morgan fingerprint density at radius 2 is 1.93 bits per heavy atom. The number of anilines is 1. The number of carbonyl (C=O) groups is 1. The Morgan fingerprint density at radius 3 is 2.67 bits per heavy atom. The van der Waals surface area contributed by atoms with Crippen LogP contribution in [0.25, 0.3) is 5.78 Å². The van der Waals surface area contributed by atoms with Crippen molar-refractivity contribution in [2.45, 2.75) is 6.92 Å². The van der Waals surface area contributed by atoms with E-state index in [0.717, 1.165) is 29.1 Å². The van der Waals surface area contributed by atoms with Crippen LogP contribution in [0.1, 0.15) is 5.69 Å². The van der Waals surface area contributed by atoms with E-state index in [9.17, 15) is 4.79 Å². The van der Waals surface area contributed by atoms with E-state index < -0.39 is 0 Å². The van der Waals surface area contributed by atoms with Gasteiger partial charge in [-0.2, -0.15) is 14.6 Å². The van der Waals surface area contributed by atoms with Gasteiger partial charge in [-0.05, 0) is 31.2 Å². The maximum absolute atomic E-state index is 12.4. The zero-order valence-electron chi connectivity index (χ0n) is 14.9. The fourth-order valence-corrected chi connectivity index (χ4v) is 3.35. The maximum Gasteiger partial charge on any atom is 0.260 e. The molecule has 1 aliphatic heterocycles. The fourth-order valence-electron chi connectivity index (χ4n) is 3.09. The number of carbonyl (C=O) groups excluding carboxylic acids is 1. The summed E-state index contributed by atoms with van der Waals surface area (Å²) in [6.45, 7) is 4.71. The van der Waals surface area contributed by atoms with Gasteiger partial charge in [0.15, 0.2) is 6.61 Å². The summed E-state index contributed by atoms with van der Waals surface area (Å²) < 4.78 is 8.31. The molecular formula is C18H19BrN6O2. The fraction of sp³-hybridized carbons (Fsp3) is 0.333. The topological polar surface area (TPSA) is 75.9 Å². The highest BCUT2D eigenvalue weighted by molar-refractivity contribution is 9.10. The number of benzene rings is 1. The lowest BCUT2D eigenvalue weighted by molar-refractivity contribution is -0.133. The average molecular weight is 431 g/mol. The molecule has 1 aromatic carbocycles. The summed E-state index contributed by atoms with van der Waals surface area (Å²) in [5.41, 5.74) is 0.895. The van der Waals surface area contributed by atoms with Gasteiger partial charge in [0.1, 0.15) is 17.9 Å². The van der Waals surface area contributed by atoms with Gasteiger partial charge in [0, 0.05) is 42.4 Å². The monoisotopic (exact) mass is 430 g/mol. The van der Waals surface area contributed by atoms with Crippen molar-refractivity contribution in [2.24, 2.45) is 0 Å². The second-order valence-electron chi connectivity index (χ2n) is 6.34. The number of nitrogens with zero attached hydrogens (tertiary/aromatic N) is 6. The quantitative estimate of drug-likeness (QED) is 0.629. The molecule has 0 unspecified atom stereocenters. The molecule has 0 atom stereocenters. The van der Waals surface area contributed by atoms with Crippen molar-refractivity contribution in [1.29, 1.82) is 0 Å². The number of aryl methyl sites for hydroxylation is 1. The first kappa shape index (κ1) is 17.7. The van der Waals surface area contributed by atoms with Crippen LogP contribution in [0.3, 0.4) is 0 Å². The number of hydrogen-bond acceptors (Lipinski definition) is 6. The van der Waals surface area contributed by atoms with Gasteiger partial charge < -0.3 is 14.5 Å². The number of amides is 1. The number of rotatable bonds is 4. The van der Waals surface area contributed by atoms with E-state index in [2.05, 4.69) is 35.9 Å². The molecule has 4 rings (SSSR count). The summed E-state index contributed by atoms with van der Waals surface area (Å²) in [7, 11) is 0. The van der Waals surface area contributed by atoms with Crippen LogP contribution in [0.15, 0.2) is 41.1 Å². The SMILES string of the molecule is Cc1cc(N2CCN(C(=O)COc3ccc(Br)cc3)CC2)n2ncnc2n1. The van der Waals surface area contributed by atoms with Crippen LogP contribution in [-0.4, -0.2) is 63.2 Å². The largest absolute Gasteiger partial charge is 0.484 e. The molecule has 27 heavy (non-hydrogen) atoms. The lowest BCUT2D eigenvalue weighted by Gasteiger charge is -2.35. The van der Waals surface area contributed by atoms with Crippen LogP contribution in [0, 0.1) is 6.92 Å². The van der Waals surface area contributed by atoms with E-state index in [1.165, 1.54) is 6.33 Å². The summed E-state index contributed by atoms with van der Waals surface area (Å²) in [4.78, 5) is 25.0. The molecule has 1 aliphatic rings. The first-order valence-electron chi connectivity index (χ1n) is 8.68. The minimum Gasteiger partial charge on any atom is -0.484 e. The van der Waals surface area contributed by atoms with Crippen molar-refractivity contribution in [3.63, 3.8) is 0 Å². The summed E-state index contributed by atoms with van der Waals surface area (Å²) >= 11 is 3.38. The molecule has 3 heterocycles. The van der Waals surface area contributed by atoms with E-state index in [4.69, 9.17) is 4.74 Å². The van der Waals surface area contributed by atoms with Crippen molar-refractivity contribution < 1.29 is 9.53 Å². The van der Waals surface area contributed by atoms with E-state index >= 15 is 0 Å². The number of hydrogen-bond donors (Lipinski definition) is 0. The van der Waals surface area contributed by atoms with Gasteiger partial charge in [0.05, 0.1) is 0 Å². The normalized spacial score (nSPS) is 14.6. The predicted octanol–water partition coefficient (Wildman–Crippen LogP) is 1.92. The molecule has 1 fully saturated rings. The molecule has 9 heteroatoms. The highest BCUT2D eigenvalue weighted by atomic mass is 79.9. The summed E-state index contributed by atoms with van der Waals surface area (Å²) in [5, 5.41) is 4.26. The Bertz CT molecular complexity index is 950.